The molecule has 11 heteroatoms. The highest BCUT2D eigenvalue weighted by Gasteiger charge is 2.20. The molecule has 0 bridgehead atoms. The van der Waals surface area contributed by atoms with Crippen LogP contribution in [0.2, 0.25) is 10.0 Å². The molecular formula is C28H25Cl2F2N5O2. The van der Waals surface area contributed by atoms with Crippen molar-refractivity contribution >= 4 is 46.6 Å². The summed E-state index contributed by atoms with van der Waals surface area (Å²) >= 11 is 12.3. The average Bonchev–Trinajstić information content (AvgIpc) is 3.34. The summed E-state index contributed by atoms with van der Waals surface area (Å²) in [6.07, 6.45) is 1.42. The first-order valence-electron chi connectivity index (χ1n) is 12.2. The third kappa shape index (κ3) is 7.13. The zero-order valence-corrected chi connectivity index (χ0v) is 22.4. The smallest absolute Gasteiger partial charge is 0.315 e. The van der Waals surface area contributed by atoms with Gasteiger partial charge in [-0.3, -0.25) is 4.79 Å². The highest BCUT2D eigenvalue weighted by molar-refractivity contribution is 6.42. The number of carbonyl (C=O) groups is 2. The fraction of sp³-hybridized carbons (Fsp3) is 0.179. The van der Waals surface area contributed by atoms with Crippen LogP contribution in [0.1, 0.15) is 19.8 Å². The Morgan fingerprint density at radius 3 is 2.38 bits per heavy atom. The molecule has 1 aromatic heterocycles. The van der Waals surface area contributed by atoms with Crippen molar-refractivity contribution in [2.24, 2.45) is 0 Å². The van der Waals surface area contributed by atoms with Gasteiger partial charge in [0.15, 0.2) is 11.6 Å². The minimum Gasteiger partial charge on any atom is -0.315 e. The lowest BCUT2D eigenvalue weighted by Gasteiger charge is -2.22. The van der Waals surface area contributed by atoms with E-state index in [4.69, 9.17) is 23.2 Å². The van der Waals surface area contributed by atoms with E-state index in [0.717, 1.165) is 24.1 Å². The summed E-state index contributed by atoms with van der Waals surface area (Å²) in [7, 11) is 0. The number of hydrogen-bond acceptors (Lipinski definition) is 3. The molecule has 0 radical (unpaired) electrons. The number of amides is 3. The zero-order chi connectivity index (χ0) is 27.9. The fourth-order valence-electron chi connectivity index (χ4n) is 3.77. The summed E-state index contributed by atoms with van der Waals surface area (Å²) in [5, 5.41) is 10.7. The van der Waals surface area contributed by atoms with Crippen LogP contribution >= 0.6 is 23.2 Å². The van der Waals surface area contributed by atoms with Crippen molar-refractivity contribution < 1.29 is 18.4 Å². The van der Waals surface area contributed by atoms with Crippen LogP contribution in [-0.4, -0.2) is 39.7 Å². The predicted molar refractivity (Wildman–Crippen MR) is 150 cm³/mol. The van der Waals surface area contributed by atoms with Gasteiger partial charge >= 0.3 is 6.03 Å². The number of nitrogens with one attached hydrogen (secondary N) is 2. The summed E-state index contributed by atoms with van der Waals surface area (Å²) in [4.78, 5) is 27.4. The summed E-state index contributed by atoms with van der Waals surface area (Å²) < 4.78 is 28.4. The van der Waals surface area contributed by atoms with Gasteiger partial charge in [-0.25, -0.2) is 18.3 Å². The summed E-state index contributed by atoms with van der Waals surface area (Å²) in [6.45, 7) is 1.94. The molecular weight excluding hydrogens is 547 g/mol. The first-order chi connectivity index (χ1) is 18.7. The lowest BCUT2D eigenvalue weighted by molar-refractivity contribution is -0.116. The first-order valence-corrected chi connectivity index (χ1v) is 12.9. The van der Waals surface area contributed by atoms with Crippen LogP contribution in [0.15, 0.2) is 72.8 Å². The number of urea groups is 1. The van der Waals surface area contributed by atoms with Crippen LogP contribution in [0.3, 0.4) is 0 Å². The van der Waals surface area contributed by atoms with E-state index in [1.54, 1.807) is 24.3 Å². The second-order valence-electron chi connectivity index (χ2n) is 8.67. The van der Waals surface area contributed by atoms with Gasteiger partial charge in [0.2, 0.25) is 5.91 Å². The average molecular weight is 572 g/mol. The van der Waals surface area contributed by atoms with Gasteiger partial charge in [-0.1, -0.05) is 66.9 Å². The van der Waals surface area contributed by atoms with Gasteiger partial charge in [-0.05, 0) is 36.8 Å². The molecule has 0 aliphatic carbocycles. The van der Waals surface area contributed by atoms with E-state index in [0.29, 0.717) is 33.7 Å². The number of aromatic nitrogens is 2. The maximum atomic E-state index is 13.6. The minimum atomic E-state index is -1.09. The second-order valence-corrected chi connectivity index (χ2v) is 9.49. The van der Waals surface area contributed by atoms with Gasteiger partial charge in [0.1, 0.15) is 12.4 Å². The van der Waals surface area contributed by atoms with Gasteiger partial charge in [0.25, 0.3) is 0 Å². The maximum absolute atomic E-state index is 13.6. The summed E-state index contributed by atoms with van der Waals surface area (Å²) in [5.74, 6) is -2.24. The van der Waals surface area contributed by atoms with E-state index in [9.17, 15) is 18.4 Å². The van der Waals surface area contributed by atoms with Crippen molar-refractivity contribution in [1.82, 2.24) is 14.7 Å². The Kier molecular flexibility index (Phi) is 9.16. The van der Waals surface area contributed by atoms with E-state index in [2.05, 4.69) is 15.7 Å². The molecule has 202 valence electrons. The zero-order valence-electron chi connectivity index (χ0n) is 20.9. The van der Waals surface area contributed by atoms with Crippen molar-refractivity contribution in [2.45, 2.75) is 19.8 Å². The number of rotatable bonds is 9. The molecule has 4 aromatic rings. The Morgan fingerprint density at radius 2 is 1.69 bits per heavy atom. The molecule has 0 spiro atoms. The van der Waals surface area contributed by atoms with E-state index >= 15 is 0 Å². The molecule has 0 atom stereocenters. The number of halogens is 4. The number of hydrogen-bond donors (Lipinski definition) is 2. The van der Waals surface area contributed by atoms with E-state index in [1.165, 1.54) is 15.6 Å². The third-order valence-corrected chi connectivity index (χ3v) is 6.51. The molecule has 2 N–H and O–H groups in total. The topological polar surface area (TPSA) is 79.3 Å². The molecule has 3 aromatic carbocycles. The number of carbonyl (C=O) groups excluding carboxylic acids is 2. The summed E-state index contributed by atoms with van der Waals surface area (Å²) in [6, 6.07) is 18.5. The lowest BCUT2D eigenvalue weighted by atomic mass is 10.1. The van der Waals surface area contributed by atoms with Crippen LogP contribution < -0.4 is 10.6 Å². The number of unbranched alkanes of at least 4 members (excludes halogenated alkanes) is 1. The second kappa shape index (κ2) is 12.7. The number of benzene rings is 3. The highest BCUT2D eigenvalue weighted by Crippen LogP contribution is 2.29. The largest absolute Gasteiger partial charge is 0.322 e. The van der Waals surface area contributed by atoms with E-state index < -0.39 is 23.6 Å². The summed E-state index contributed by atoms with van der Waals surface area (Å²) in [5.41, 5.74) is 2.09. The van der Waals surface area contributed by atoms with Crippen LogP contribution in [0.25, 0.3) is 16.9 Å². The molecule has 0 saturated heterocycles. The van der Waals surface area contributed by atoms with Crippen molar-refractivity contribution in [1.29, 1.82) is 0 Å². The molecule has 39 heavy (non-hydrogen) atoms. The number of nitrogens with zero attached hydrogens (tertiary/aromatic N) is 3. The lowest BCUT2D eigenvalue weighted by Crippen LogP contribution is -2.41. The minimum absolute atomic E-state index is 0.0750. The van der Waals surface area contributed by atoms with Crippen molar-refractivity contribution in [2.75, 3.05) is 23.7 Å². The van der Waals surface area contributed by atoms with Crippen LogP contribution in [-0.2, 0) is 4.79 Å². The molecule has 1 heterocycles. The quantitative estimate of drug-likeness (QED) is 0.220. The van der Waals surface area contributed by atoms with E-state index in [1.807, 2.05) is 37.3 Å². The molecule has 7 nitrogen and oxygen atoms in total. The Balaban J connectivity index is 1.57. The molecule has 4 rings (SSSR count). The number of anilines is 2. The maximum Gasteiger partial charge on any atom is 0.322 e. The van der Waals surface area contributed by atoms with Gasteiger partial charge in [-0.15, -0.1) is 0 Å². The third-order valence-electron chi connectivity index (χ3n) is 5.77. The molecule has 0 fully saturated rings. The first kappa shape index (κ1) is 28.1. The van der Waals surface area contributed by atoms with Crippen molar-refractivity contribution in [3.63, 3.8) is 0 Å². The van der Waals surface area contributed by atoms with Gasteiger partial charge in [0.05, 0.1) is 21.4 Å². The van der Waals surface area contributed by atoms with Gasteiger partial charge in [-0.2, -0.15) is 5.10 Å². The Bertz CT molecular complexity index is 1480. The molecule has 0 unspecified atom stereocenters. The SMILES string of the molecule is CCCCN(CC(=O)Nc1cc(-c2ccccc2)nn1-c1ccc(Cl)c(Cl)c1)C(=O)Nc1ccc(F)c(F)c1. The van der Waals surface area contributed by atoms with Gasteiger partial charge < -0.3 is 15.5 Å². The van der Waals surface area contributed by atoms with Crippen LogP contribution in [0.5, 0.6) is 0 Å². The Morgan fingerprint density at radius 1 is 0.923 bits per heavy atom. The molecule has 0 aliphatic heterocycles. The monoisotopic (exact) mass is 571 g/mol. The Hall–Kier alpha value is -3.95. The molecule has 3 amide bonds. The highest BCUT2D eigenvalue weighted by atomic mass is 35.5. The Labute approximate surface area is 234 Å². The fourth-order valence-corrected chi connectivity index (χ4v) is 4.06. The van der Waals surface area contributed by atoms with Crippen LogP contribution in [0, 0.1) is 11.6 Å². The van der Waals surface area contributed by atoms with Crippen molar-refractivity contribution in [3.8, 4) is 16.9 Å². The van der Waals surface area contributed by atoms with Crippen LogP contribution in [0.4, 0.5) is 25.1 Å². The standard InChI is InChI=1S/C28H25Cl2F2N5O2/c1-2-3-13-36(28(39)33-19-9-12-23(31)24(32)14-19)17-27(38)34-26-16-25(18-7-5-4-6-8-18)35-37(26)20-10-11-21(29)22(30)15-20/h4-12,14-16H,2-3,13,17H2,1H3,(H,33,39)(H,34,38). The van der Waals surface area contributed by atoms with Gasteiger partial charge in [0, 0.05) is 29.9 Å². The normalized spacial score (nSPS) is 10.8. The predicted octanol–water partition coefficient (Wildman–Crippen LogP) is 7.40. The molecule has 0 aliphatic rings. The molecule has 0 saturated carbocycles. The van der Waals surface area contributed by atoms with E-state index in [-0.39, 0.29) is 18.8 Å². The van der Waals surface area contributed by atoms with Crippen molar-refractivity contribution in [3.05, 3.63) is 94.5 Å².